The Kier molecular flexibility index (Phi) is 5.05. The monoisotopic (exact) mass is 399 g/mol. The zero-order valence-corrected chi connectivity index (χ0v) is 17.5. The zero-order valence-electron chi connectivity index (χ0n) is 17.5. The van der Waals surface area contributed by atoms with Crippen molar-refractivity contribution in [3.05, 3.63) is 72.8 Å². The Hall–Kier alpha value is -2.69. The number of methoxy groups -OCH3 is 1. The van der Waals surface area contributed by atoms with Crippen LogP contribution in [0.4, 0.5) is 0 Å². The van der Waals surface area contributed by atoms with E-state index in [-0.39, 0.29) is 6.04 Å². The number of pyridine rings is 1. The Balaban J connectivity index is 1.60. The molecular formula is C26H29N3O. The number of fused-ring (bicyclic) bond motifs is 4. The van der Waals surface area contributed by atoms with Gasteiger partial charge in [-0.05, 0) is 61.1 Å². The summed E-state index contributed by atoms with van der Waals surface area (Å²) in [5, 5.41) is 1.09. The molecule has 0 aliphatic carbocycles. The fourth-order valence-electron chi connectivity index (χ4n) is 5.35. The summed E-state index contributed by atoms with van der Waals surface area (Å²) < 4.78 is 5.51. The van der Waals surface area contributed by atoms with Crippen molar-refractivity contribution in [1.29, 1.82) is 0 Å². The highest BCUT2D eigenvalue weighted by molar-refractivity contribution is 5.87. The minimum atomic E-state index is -0.0707. The highest BCUT2D eigenvalue weighted by Crippen LogP contribution is 2.42. The molecule has 4 unspecified atom stereocenters. The van der Waals surface area contributed by atoms with Gasteiger partial charge in [-0.15, -0.1) is 6.58 Å². The number of hydrogen-bond acceptors (Lipinski definition) is 4. The average Bonchev–Trinajstić information content (AvgIpc) is 2.83. The van der Waals surface area contributed by atoms with Crippen molar-refractivity contribution in [3.8, 4) is 17.0 Å². The molecule has 4 heterocycles. The topological polar surface area (TPSA) is 51.4 Å². The summed E-state index contributed by atoms with van der Waals surface area (Å²) in [7, 11) is 1.70. The third-order valence-corrected chi connectivity index (χ3v) is 7.04. The molecule has 3 aliphatic heterocycles. The van der Waals surface area contributed by atoms with E-state index in [4.69, 9.17) is 15.5 Å². The first-order chi connectivity index (χ1) is 14.7. The van der Waals surface area contributed by atoms with E-state index >= 15 is 0 Å². The van der Waals surface area contributed by atoms with Gasteiger partial charge in [-0.1, -0.05) is 36.4 Å². The van der Waals surface area contributed by atoms with Crippen molar-refractivity contribution in [1.82, 2.24) is 9.88 Å². The van der Waals surface area contributed by atoms with Crippen molar-refractivity contribution in [2.45, 2.75) is 24.9 Å². The van der Waals surface area contributed by atoms with Gasteiger partial charge in [-0.3, -0.25) is 4.90 Å². The molecule has 3 fully saturated rings. The van der Waals surface area contributed by atoms with Crippen molar-refractivity contribution < 1.29 is 4.74 Å². The van der Waals surface area contributed by atoms with Crippen molar-refractivity contribution in [2.75, 3.05) is 20.2 Å². The van der Waals surface area contributed by atoms with E-state index in [9.17, 15) is 0 Å². The molecule has 2 bridgehead atoms. The van der Waals surface area contributed by atoms with Crippen LogP contribution in [0.25, 0.3) is 22.2 Å². The number of nitrogens with two attached hydrogens (primary N) is 1. The van der Waals surface area contributed by atoms with E-state index in [2.05, 4.69) is 54.0 Å². The fraction of sp³-hybridized carbons (Fsp3) is 0.346. The Bertz CT molecular complexity index is 1060. The summed E-state index contributed by atoms with van der Waals surface area (Å²) >= 11 is 0. The van der Waals surface area contributed by atoms with Gasteiger partial charge in [0.25, 0.3) is 0 Å². The van der Waals surface area contributed by atoms with Gasteiger partial charge in [-0.2, -0.15) is 0 Å². The number of piperidine rings is 3. The van der Waals surface area contributed by atoms with Gasteiger partial charge in [-0.25, -0.2) is 4.98 Å². The van der Waals surface area contributed by atoms with Crippen LogP contribution in [-0.2, 0) is 0 Å². The highest BCUT2D eigenvalue weighted by atomic mass is 16.5. The molecule has 3 saturated heterocycles. The molecule has 4 heteroatoms. The number of ether oxygens (including phenoxy) is 1. The van der Waals surface area contributed by atoms with Crippen LogP contribution in [0.5, 0.6) is 5.75 Å². The first kappa shape index (κ1) is 19.3. The van der Waals surface area contributed by atoms with Crippen molar-refractivity contribution in [2.24, 2.45) is 17.6 Å². The van der Waals surface area contributed by atoms with Crippen LogP contribution in [0.2, 0.25) is 0 Å². The first-order valence-corrected chi connectivity index (χ1v) is 10.8. The van der Waals surface area contributed by atoms with Gasteiger partial charge in [0, 0.05) is 29.6 Å². The molecule has 154 valence electrons. The van der Waals surface area contributed by atoms with E-state index in [1.54, 1.807) is 7.11 Å². The summed E-state index contributed by atoms with van der Waals surface area (Å²) in [6, 6.07) is 18.9. The Morgan fingerprint density at radius 2 is 2.03 bits per heavy atom. The van der Waals surface area contributed by atoms with E-state index in [1.807, 2.05) is 18.2 Å². The van der Waals surface area contributed by atoms with E-state index in [0.717, 1.165) is 53.0 Å². The maximum atomic E-state index is 7.01. The predicted molar refractivity (Wildman–Crippen MR) is 122 cm³/mol. The SMILES string of the molecule is C=CC1CN2CCC1CC2[C@@H](N)c1cc(-c2ccccc2)nc2ccc(OC)cc12. The summed E-state index contributed by atoms with van der Waals surface area (Å²) in [5.74, 6) is 2.12. The maximum absolute atomic E-state index is 7.01. The van der Waals surface area contributed by atoms with Crippen molar-refractivity contribution >= 4 is 10.9 Å². The van der Waals surface area contributed by atoms with E-state index in [0.29, 0.717) is 17.9 Å². The van der Waals surface area contributed by atoms with Gasteiger partial charge in [0.2, 0.25) is 0 Å². The molecule has 2 N–H and O–H groups in total. The minimum Gasteiger partial charge on any atom is -0.497 e. The van der Waals surface area contributed by atoms with Gasteiger partial charge < -0.3 is 10.5 Å². The van der Waals surface area contributed by atoms with Crippen LogP contribution in [0.3, 0.4) is 0 Å². The van der Waals surface area contributed by atoms with Crippen molar-refractivity contribution in [3.63, 3.8) is 0 Å². The second kappa shape index (κ2) is 7.86. The number of nitrogens with zero attached hydrogens (tertiary/aromatic N) is 2. The molecule has 3 aliphatic rings. The molecular weight excluding hydrogens is 370 g/mol. The molecule has 0 amide bonds. The van der Waals surface area contributed by atoms with Crippen LogP contribution in [-0.4, -0.2) is 36.1 Å². The van der Waals surface area contributed by atoms with Crippen LogP contribution < -0.4 is 10.5 Å². The lowest BCUT2D eigenvalue weighted by atomic mass is 9.73. The smallest absolute Gasteiger partial charge is 0.119 e. The van der Waals surface area contributed by atoms with E-state index < -0.39 is 0 Å². The third-order valence-electron chi connectivity index (χ3n) is 7.04. The molecule has 0 saturated carbocycles. The second-order valence-corrected chi connectivity index (χ2v) is 8.62. The van der Waals surface area contributed by atoms with Crippen LogP contribution >= 0.6 is 0 Å². The maximum Gasteiger partial charge on any atom is 0.119 e. The van der Waals surface area contributed by atoms with Gasteiger partial charge in [0.05, 0.1) is 18.3 Å². The average molecular weight is 400 g/mol. The van der Waals surface area contributed by atoms with Crippen LogP contribution in [0.15, 0.2) is 67.3 Å². The van der Waals surface area contributed by atoms with Crippen LogP contribution in [0, 0.1) is 11.8 Å². The molecule has 4 nitrogen and oxygen atoms in total. The largest absolute Gasteiger partial charge is 0.497 e. The Labute approximate surface area is 178 Å². The number of hydrogen-bond donors (Lipinski definition) is 1. The minimum absolute atomic E-state index is 0.0707. The predicted octanol–water partition coefficient (Wildman–Crippen LogP) is 4.81. The number of benzene rings is 2. The lowest BCUT2D eigenvalue weighted by Crippen LogP contribution is -2.56. The molecule has 2 aromatic carbocycles. The zero-order chi connectivity index (χ0) is 20.7. The van der Waals surface area contributed by atoms with Gasteiger partial charge in [0.1, 0.15) is 5.75 Å². The second-order valence-electron chi connectivity index (χ2n) is 8.62. The molecule has 0 spiro atoms. The standard InChI is InChI=1S/C26H29N3O/c1-3-17-16-29-12-11-19(17)13-25(29)26(27)22-15-24(18-7-5-4-6-8-18)28-23-10-9-20(30-2)14-21(22)23/h3-10,14-15,17,19,25-26H,1,11-13,16,27H2,2H3/t17?,19?,25?,26-/m0/s1. The Morgan fingerprint density at radius 1 is 1.20 bits per heavy atom. The Morgan fingerprint density at radius 3 is 2.73 bits per heavy atom. The lowest BCUT2D eigenvalue weighted by molar-refractivity contribution is 0.00750. The summed E-state index contributed by atoms with van der Waals surface area (Å²) in [5.41, 5.74) is 11.2. The molecule has 5 atom stereocenters. The molecule has 1 aromatic heterocycles. The fourth-order valence-corrected chi connectivity index (χ4v) is 5.35. The summed E-state index contributed by atoms with van der Waals surface area (Å²) in [4.78, 5) is 7.52. The van der Waals surface area contributed by atoms with Gasteiger partial charge >= 0.3 is 0 Å². The number of rotatable bonds is 5. The quantitative estimate of drug-likeness (QED) is 0.626. The third kappa shape index (κ3) is 3.30. The summed E-state index contributed by atoms with van der Waals surface area (Å²) in [6.45, 7) is 6.26. The molecule has 0 radical (unpaired) electrons. The highest BCUT2D eigenvalue weighted by Gasteiger charge is 2.41. The molecule has 30 heavy (non-hydrogen) atoms. The van der Waals surface area contributed by atoms with Gasteiger partial charge in [0.15, 0.2) is 0 Å². The number of aromatic nitrogens is 1. The molecule has 3 aromatic rings. The summed E-state index contributed by atoms with van der Waals surface area (Å²) in [6.07, 6.45) is 4.52. The molecule has 6 rings (SSSR count). The van der Waals surface area contributed by atoms with E-state index in [1.165, 1.54) is 6.42 Å². The normalized spacial score (nSPS) is 26.5. The lowest BCUT2D eigenvalue weighted by Gasteiger charge is -2.51. The first-order valence-electron chi connectivity index (χ1n) is 10.8. The van der Waals surface area contributed by atoms with Crippen LogP contribution in [0.1, 0.15) is 24.4 Å².